The Balaban J connectivity index is 1.97. The first kappa shape index (κ1) is 20.8. The zero-order valence-electron chi connectivity index (χ0n) is 16.7. The Bertz CT molecular complexity index is 929. The van der Waals surface area contributed by atoms with Gasteiger partial charge in [0.05, 0.1) is 19.1 Å². The molecule has 1 aliphatic carbocycles. The first-order chi connectivity index (χ1) is 14.3. The molecule has 1 saturated heterocycles. The summed E-state index contributed by atoms with van der Waals surface area (Å²) in [6.07, 6.45) is 1.16. The molecular formula is C21H23ClN2O6. The van der Waals surface area contributed by atoms with Gasteiger partial charge < -0.3 is 14.8 Å². The van der Waals surface area contributed by atoms with Crippen LogP contribution in [-0.4, -0.2) is 42.4 Å². The number of benzene rings is 1. The summed E-state index contributed by atoms with van der Waals surface area (Å²) in [6.45, 7) is 3.33. The smallest absolute Gasteiger partial charge is 0.338 e. The van der Waals surface area contributed by atoms with Crippen LogP contribution in [0.25, 0.3) is 0 Å². The molecule has 160 valence electrons. The number of nitrogens with one attached hydrogen (secondary N) is 2. The Kier molecular flexibility index (Phi) is 5.10. The molecule has 0 aromatic heterocycles. The van der Waals surface area contributed by atoms with Gasteiger partial charge in [-0.25, -0.2) is 9.59 Å². The number of carbonyl (C=O) groups excluding carboxylic acids is 4. The second kappa shape index (κ2) is 7.35. The second-order valence-electron chi connectivity index (χ2n) is 7.77. The van der Waals surface area contributed by atoms with E-state index in [0.717, 1.165) is 0 Å². The fourth-order valence-electron chi connectivity index (χ4n) is 5.24. The predicted molar refractivity (Wildman–Crippen MR) is 107 cm³/mol. The highest BCUT2D eigenvalue weighted by molar-refractivity contribution is 6.31. The van der Waals surface area contributed by atoms with Crippen LogP contribution in [0.15, 0.2) is 18.2 Å². The molecule has 1 aromatic carbocycles. The molecule has 8 nitrogen and oxygen atoms in total. The van der Waals surface area contributed by atoms with Crippen molar-refractivity contribution in [2.24, 2.45) is 11.8 Å². The Labute approximate surface area is 178 Å². The Morgan fingerprint density at radius 2 is 1.83 bits per heavy atom. The minimum Gasteiger partial charge on any atom is -0.464 e. The van der Waals surface area contributed by atoms with Gasteiger partial charge in [-0.2, -0.15) is 0 Å². The Morgan fingerprint density at radius 1 is 1.17 bits per heavy atom. The van der Waals surface area contributed by atoms with Crippen molar-refractivity contribution in [3.8, 4) is 0 Å². The molecule has 0 unspecified atom stereocenters. The molecule has 30 heavy (non-hydrogen) atoms. The summed E-state index contributed by atoms with van der Waals surface area (Å²) >= 11 is 6.20. The summed E-state index contributed by atoms with van der Waals surface area (Å²) in [5.74, 6) is -4.08. The highest BCUT2D eigenvalue weighted by atomic mass is 35.5. The first-order valence-electron chi connectivity index (χ1n) is 10.1. The highest BCUT2D eigenvalue weighted by Gasteiger charge is 2.75. The molecule has 1 spiro atoms. The van der Waals surface area contributed by atoms with Gasteiger partial charge in [-0.1, -0.05) is 11.6 Å². The van der Waals surface area contributed by atoms with Crippen molar-refractivity contribution < 1.29 is 28.7 Å². The van der Waals surface area contributed by atoms with Crippen molar-refractivity contribution in [2.75, 3.05) is 18.5 Å². The van der Waals surface area contributed by atoms with Gasteiger partial charge in [0.1, 0.15) is 11.3 Å². The number of esters is 2. The van der Waals surface area contributed by atoms with Crippen LogP contribution in [0.2, 0.25) is 5.02 Å². The number of hydrogen-bond acceptors (Lipinski definition) is 7. The SMILES string of the molecule is CCOC(=O)C1(C(=O)OCC)N[C@]2(C(=O)Nc3ccc(Cl)cc32)[C@H]2C(=O)CCC[C@H]21. The minimum absolute atomic E-state index is 0.0363. The quantitative estimate of drug-likeness (QED) is 0.550. The number of hydrogen-bond donors (Lipinski definition) is 2. The van der Waals surface area contributed by atoms with Gasteiger partial charge >= 0.3 is 11.9 Å². The van der Waals surface area contributed by atoms with Gasteiger partial charge in [-0.3, -0.25) is 14.9 Å². The number of amides is 1. The third kappa shape index (κ3) is 2.63. The number of rotatable bonds is 4. The van der Waals surface area contributed by atoms with Crippen molar-refractivity contribution >= 4 is 40.9 Å². The number of fused-ring (bicyclic) bond motifs is 4. The number of ketones is 1. The van der Waals surface area contributed by atoms with Crippen LogP contribution in [0.4, 0.5) is 5.69 Å². The van der Waals surface area contributed by atoms with Gasteiger partial charge in [0.25, 0.3) is 0 Å². The fraction of sp³-hybridized carbons (Fsp3) is 0.524. The first-order valence-corrected chi connectivity index (χ1v) is 10.5. The van der Waals surface area contributed by atoms with Gasteiger partial charge in [-0.15, -0.1) is 0 Å². The van der Waals surface area contributed by atoms with Gasteiger partial charge in [0.2, 0.25) is 11.4 Å². The van der Waals surface area contributed by atoms with E-state index in [0.29, 0.717) is 29.1 Å². The van der Waals surface area contributed by atoms with Crippen LogP contribution in [0.1, 0.15) is 38.7 Å². The lowest BCUT2D eigenvalue weighted by molar-refractivity contribution is -0.169. The minimum atomic E-state index is -1.96. The standard InChI is InChI=1S/C21H23ClN2O6/c1-3-29-18(27)21(19(28)30-4-2)12-6-5-7-15(25)16(12)20(24-21)13-10-11(22)8-9-14(13)23-17(20)26/h8-10,12,16,24H,3-7H2,1-2H3,(H,23,26)/t12-,16-,20+/m1/s1. The second-order valence-corrected chi connectivity index (χ2v) is 8.21. The Morgan fingerprint density at radius 3 is 2.47 bits per heavy atom. The van der Waals surface area contributed by atoms with Crippen molar-refractivity contribution in [3.63, 3.8) is 0 Å². The van der Waals surface area contributed by atoms with E-state index in [2.05, 4.69) is 10.6 Å². The molecule has 4 rings (SSSR count). The van der Waals surface area contributed by atoms with Crippen LogP contribution in [0.3, 0.4) is 0 Å². The predicted octanol–water partition coefficient (Wildman–Crippen LogP) is 1.94. The summed E-state index contributed by atoms with van der Waals surface area (Å²) in [4.78, 5) is 52.9. The number of ether oxygens (including phenoxy) is 2. The number of Topliss-reactive ketones (excluding diaryl/α,β-unsaturated/α-hetero) is 1. The van der Waals surface area contributed by atoms with E-state index >= 15 is 0 Å². The van der Waals surface area contributed by atoms with E-state index in [-0.39, 0.29) is 25.4 Å². The molecule has 1 saturated carbocycles. The lowest BCUT2D eigenvalue weighted by atomic mass is 9.65. The summed E-state index contributed by atoms with van der Waals surface area (Å²) in [7, 11) is 0. The third-order valence-electron chi connectivity index (χ3n) is 6.31. The van der Waals surface area contributed by atoms with Crippen LogP contribution < -0.4 is 10.6 Å². The highest BCUT2D eigenvalue weighted by Crippen LogP contribution is 2.57. The number of carbonyl (C=O) groups is 4. The average Bonchev–Trinajstić information content (AvgIpc) is 3.17. The summed E-state index contributed by atoms with van der Waals surface area (Å²) in [5, 5.41) is 6.16. The zero-order valence-corrected chi connectivity index (χ0v) is 17.5. The van der Waals surface area contributed by atoms with E-state index in [1.54, 1.807) is 32.0 Å². The molecule has 1 amide bonds. The van der Waals surface area contributed by atoms with Crippen molar-refractivity contribution in [1.82, 2.24) is 5.32 Å². The van der Waals surface area contributed by atoms with Gasteiger partial charge in [0.15, 0.2) is 0 Å². The van der Waals surface area contributed by atoms with Gasteiger partial charge in [0, 0.05) is 28.6 Å². The molecule has 2 fully saturated rings. The summed E-state index contributed by atoms with van der Waals surface area (Å²) in [6, 6.07) is 4.86. The van der Waals surface area contributed by atoms with E-state index in [9.17, 15) is 19.2 Å². The number of anilines is 1. The van der Waals surface area contributed by atoms with E-state index in [1.807, 2.05) is 0 Å². The van der Waals surface area contributed by atoms with Gasteiger partial charge in [-0.05, 0) is 44.9 Å². The molecule has 0 bridgehead atoms. The molecule has 2 heterocycles. The van der Waals surface area contributed by atoms with Crippen LogP contribution in [0, 0.1) is 11.8 Å². The monoisotopic (exact) mass is 434 g/mol. The summed E-state index contributed by atoms with van der Waals surface area (Å²) in [5.41, 5.74) is -2.64. The van der Waals surface area contributed by atoms with Crippen molar-refractivity contribution in [2.45, 2.75) is 44.2 Å². The largest absolute Gasteiger partial charge is 0.464 e. The fourth-order valence-corrected chi connectivity index (χ4v) is 5.41. The maximum absolute atomic E-state index is 13.3. The van der Waals surface area contributed by atoms with E-state index in [1.165, 1.54) is 0 Å². The van der Waals surface area contributed by atoms with Crippen LogP contribution in [0.5, 0.6) is 0 Å². The zero-order chi connectivity index (χ0) is 21.7. The molecular weight excluding hydrogens is 412 g/mol. The van der Waals surface area contributed by atoms with Crippen LogP contribution >= 0.6 is 11.6 Å². The molecule has 3 atom stereocenters. The Hall–Kier alpha value is -2.45. The normalized spacial score (nSPS) is 28.6. The molecule has 1 aromatic rings. The van der Waals surface area contributed by atoms with Crippen molar-refractivity contribution in [1.29, 1.82) is 0 Å². The molecule has 9 heteroatoms. The maximum atomic E-state index is 13.3. The number of halogens is 1. The van der Waals surface area contributed by atoms with E-state index < -0.39 is 40.8 Å². The summed E-state index contributed by atoms with van der Waals surface area (Å²) < 4.78 is 10.5. The maximum Gasteiger partial charge on any atom is 0.338 e. The van der Waals surface area contributed by atoms with Crippen LogP contribution in [-0.2, 0) is 34.2 Å². The molecule has 3 aliphatic rings. The van der Waals surface area contributed by atoms with Crippen molar-refractivity contribution in [3.05, 3.63) is 28.8 Å². The molecule has 0 radical (unpaired) electrons. The topological polar surface area (TPSA) is 111 Å². The molecule has 2 aliphatic heterocycles. The van der Waals surface area contributed by atoms with E-state index in [4.69, 9.17) is 21.1 Å². The lowest BCUT2D eigenvalue weighted by Crippen LogP contribution is -2.63. The lowest BCUT2D eigenvalue weighted by Gasteiger charge is -2.34. The average molecular weight is 435 g/mol. The third-order valence-corrected chi connectivity index (χ3v) is 6.55. The molecule has 2 N–H and O–H groups in total.